The lowest BCUT2D eigenvalue weighted by atomic mass is 10.0. The first-order chi connectivity index (χ1) is 8.08. The smallest absolute Gasteiger partial charge is 0.407 e. The van der Waals surface area contributed by atoms with Gasteiger partial charge < -0.3 is 14.7 Å². The summed E-state index contributed by atoms with van der Waals surface area (Å²) in [4.78, 5) is 25.9. The van der Waals surface area contributed by atoms with Crippen LogP contribution in [0.25, 0.3) is 10.4 Å². The van der Waals surface area contributed by atoms with E-state index < -0.39 is 24.2 Å². The molecule has 1 heterocycles. The molecule has 2 atom stereocenters. The van der Waals surface area contributed by atoms with E-state index >= 15 is 0 Å². The van der Waals surface area contributed by atoms with Crippen molar-refractivity contribution in [2.75, 3.05) is 13.1 Å². The molecule has 0 spiro atoms. The Bertz CT molecular complexity index is 353. The van der Waals surface area contributed by atoms with Crippen LogP contribution >= 0.6 is 0 Å². The molecule has 0 aromatic carbocycles. The van der Waals surface area contributed by atoms with Crippen LogP contribution in [-0.2, 0) is 9.53 Å². The number of rotatable bonds is 4. The number of carbonyl (C=O) groups excluding carboxylic acids is 1. The first kappa shape index (κ1) is 13.1. The average molecular weight is 242 g/mol. The fraction of sp³-hybridized carbons (Fsp3) is 0.778. The van der Waals surface area contributed by atoms with Crippen LogP contribution in [0.5, 0.6) is 0 Å². The highest BCUT2D eigenvalue weighted by molar-refractivity contribution is 5.76. The number of carboxylic acid groups (broad SMARTS) is 1. The standard InChI is InChI=1S/C9H14N4O4/c1-2-13(9(15)16)5-6-3-4-7(11-12-10)8(14)17-6/h6-7H,2-5H2,1H3,(H,15,16)/t6-,7?/m0/s1. The van der Waals surface area contributed by atoms with E-state index in [4.69, 9.17) is 15.4 Å². The summed E-state index contributed by atoms with van der Waals surface area (Å²) in [5, 5.41) is 12.1. The van der Waals surface area contributed by atoms with Gasteiger partial charge in [0.05, 0.1) is 6.54 Å². The Morgan fingerprint density at radius 2 is 2.41 bits per heavy atom. The van der Waals surface area contributed by atoms with Gasteiger partial charge in [0.15, 0.2) is 0 Å². The molecule has 8 heteroatoms. The van der Waals surface area contributed by atoms with Gasteiger partial charge in [-0.2, -0.15) is 0 Å². The summed E-state index contributed by atoms with van der Waals surface area (Å²) >= 11 is 0. The third kappa shape index (κ3) is 3.53. The largest absolute Gasteiger partial charge is 0.465 e. The van der Waals surface area contributed by atoms with Gasteiger partial charge >= 0.3 is 12.1 Å². The van der Waals surface area contributed by atoms with Gasteiger partial charge in [-0.05, 0) is 25.3 Å². The molecule has 0 aliphatic carbocycles. The van der Waals surface area contributed by atoms with E-state index in [0.717, 1.165) is 0 Å². The lowest BCUT2D eigenvalue weighted by Gasteiger charge is -2.29. The van der Waals surface area contributed by atoms with E-state index in [2.05, 4.69) is 10.0 Å². The Labute approximate surface area is 97.8 Å². The number of amides is 1. The second kappa shape index (κ2) is 5.95. The summed E-state index contributed by atoms with van der Waals surface area (Å²) in [6.45, 7) is 2.20. The maximum absolute atomic E-state index is 11.4. The van der Waals surface area contributed by atoms with E-state index in [0.29, 0.717) is 19.4 Å². The van der Waals surface area contributed by atoms with Gasteiger partial charge in [0.25, 0.3) is 0 Å². The van der Waals surface area contributed by atoms with Crippen molar-refractivity contribution >= 4 is 12.1 Å². The summed E-state index contributed by atoms with van der Waals surface area (Å²) in [6.07, 6.45) is -0.603. The lowest BCUT2D eigenvalue weighted by Crippen LogP contribution is -2.42. The molecule has 0 bridgehead atoms. The summed E-state index contributed by atoms with van der Waals surface area (Å²) in [6, 6.07) is -0.781. The molecule has 1 amide bonds. The van der Waals surface area contributed by atoms with E-state index in [1.807, 2.05) is 0 Å². The number of hydrogen-bond acceptors (Lipinski definition) is 4. The third-order valence-corrected chi connectivity index (χ3v) is 2.58. The van der Waals surface area contributed by atoms with E-state index in [-0.39, 0.29) is 6.54 Å². The van der Waals surface area contributed by atoms with Crippen molar-refractivity contribution < 1.29 is 19.4 Å². The molecule has 1 saturated heterocycles. The van der Waals surface area contributed by atoms with Crippen LogP contribution in [0.2, 0.25) is 0 Å². The molecule has 1 N–H and O–H groups in total. The molecule has 0 saturated carbocycles. The van der Waals surface area contributed by atoms with Crippen molar-refractivity contribution in [3.63, 3.8) is 0 Å². The van der Waals surface area contributed by atoms with Gasteiger partial charge in [0.1, 0.15) is 12.1 Å². The Hall–Kier alpha value is -1.95. The minimum absolute atomic E-state index is 0.153. The fourth-order valence-electron chi connectivity index (χ4n) is 1.65. The zero-order chi connectivity index (χ0) is 12.8. The number of hydrogen-bond donors (Lipinski definition) is 1. The van der Waals surface area contributed by atoms with E-state index in [1.165, 1.54) is 4.90 Å². The maximum atomic E-state index is 11.4. The average Bonchev–Trinajstić information content (AvgIpc) is 2.29. The van der Waals surface area contributed by atoms with Crippen LogP contribution in [0.15, 0.2) is 5.11 Å². The van der Waals surface area contributed by atoms with Crippen LogP contribution in [-0.4, -0.2) is 47.3 Å². The number of azide groups is 1. The predicted octanol–water partition coefficient (Wildman–Crippen LogP) is 1.37. The Kier molecular flexibility index (Phi) is 4.59. The van der Waals surface area contributed by atoms with E-state index in [9.17, 15) is 9.59 Å². The highest BCUT2D eigenvalue weighted by Crippen LogP contribution is 2.18. The monoisotopic (exact) mass is 242 g/mol. The molecule has 1 unspecified atom stereocenters. The molecule has 0 aromatic heterocycles. The van der Waals surface area contributed by atoms with Crippen molar-refractivity contribution in [3.05, 3.63) is 10.4 Å². The number of likely N-dealkylation sites (N-methyl/N-ethyl adjacent to an activating group) is 1. The molecule has 94 valence electrons. The van der Waals surface area contributed by atoms with Crippen LogP contribution < -0.4 is 0 Å². The summed E-state index contributed by atoms with van der Waals surface area (Å²) in [5.74, 6) is -0.583. The van der Waals surface area contributed by atoms with Gasteiger partial charge in [-0.3, -0.25) is 4.79 Å². The molecule has 0 aromatic rings. The minimum atomic E-state index is -1.04. The normalized spacial score (nSPS) is 23.5. The first-order valence-electron chi connectivity index (χ1n) is 5.31. The molecule has 1 aliphatic heterocycles. The van der Waals surface area contributed by atoms with Gasteiger partial charge in [-0.1, -0.05) is 5.11 Å². The second-order valence-electron chi connectivity index (χ2n) is 3.68. The molecular formula is C9H14N4O4. The van der Waals surface area contributed by atoms with Gasteiger partial charge in [-0.25, -0.2) is 4.79 Å². The molecule has 1 fully saturated rings. The third-order valence-electron chi connectivity index (χ3n) is 2.58. The molecule has 0 radical (unpaired) electrons. The van der Waals surface area contributed by atoms with Crippen molar-refractivity contribution in [1.82, 2.24) is 4.90 Å². The van der Waals surface area contributed by atoms with Gasteiger partial charge in [0, 0.05) is 11.5 Å². The molecular weight excluding hydrogens is 228 g/mol. The lowest BCUT2D eigenvalue weighted by molar-refractivity contribution is -0.156. The van der Waals surface area contributed by atoms with Crippen LogP contribution in [0.1, 0.15) is 19.8 Å². The number of ether oxygens (including phenoxy) is 1. The van der Waals surface area contributed by atoms with Crippen molar-refractivity contribution in [3.8, 4) is 0 Å². The van der Waals surface area contributed by atoms with Crippen LogP contribution in [0.3, 0.4) is 0 Å². The molecule has 8 nitrogen and oxygen atoms in total. The summed E-state index contributed by atoms with van der Waals surface area (Å²) in [7, 11) is 0. The number of cyclic esters (lactones) is 1. The predicted molar refractivity (Wildman–Crippen MR) is 57.3 cm³/mol. The fourth-order valence-corrected chi connectivity index (χ4v) is 1.65. The number of esters is 1. The number of carbonyl (C=O) groups is 2. The Morgan fingerprint density at radius 1 is 1.71 bits per heavy atom. The van der Waals surface area contributed by atoms with Crippen LogP contribution in [0, 0.1) is 0 Å². The molecule has 1 aliphatic rings. The SMILES string of the molecule is CCN(C[C@@H]1CCC(N=[N+]=[N-])C(=O)O1)C(=O)O. The topological polar surface area (TPSA) is 116 Å². The van der Waals surface area contributed by atoms with E-state index in [1.54, 1.807) is 6.92 Å². The zero-order valence-corrected chi connectivity index (χ0v) is 9.44. The first-order valence-corrected chi connectivity index (χ1v) is 5.31. The summed E-state index contributed by atoms with van der Waals surface area (Å²) < 4.78 is 5.03. The van der Waals surface area contributed by atoms with Crippen LogP contribution in [0.4, 0.5) is 4.79 Å². The van der Waals surface area contributed by atoms with Gasteiger partial charge in [0.2, 0.25) is 0 Å². The second-order valence-corrected chi connectivity index (χ2v) is 3.68. The van der Waals surface area contributed by atoms with Crippen molar-refractivity contribution in [2.24, 2.45) is 5.11 Å². The highest BCUT2D eigenvalue weighted by Gasteiger charge is 2.30. The summed E-state index contributed by atoms with van der Waals surface area (Å²) in [5.41, 5.74) is 8.22. The van der Waals surface area contributed by atoms with Gasteiger partial charge in [-0.15, -0.1) is 0 Å². The Morgan fingerprint density at radius 3 is 2.88 bits per heavy atom. The highest BCUT2D eigenvalue weighted by atomic mass is 16.5. The zero-order valence-electron chi connectivity index (χ0n) is 9.44. The quantitative estimate of drug-likeness (QED) is 0.347. The minimum Gasteiger partial charge on any atom is -0.465 e. The molecule has 1 rings (SSSR count). The van der Waals surface area contributed by atoms with Crippen molar-refractivity contribution in [2.45, 2.75) is 31.9 Å². The number of nitrogens with zero attached hydrogens (tertiary/aromatic N) is 4. The Balaban J connectivity index is 2.52. The van der Waals surface area contributed by atoms with Crippen molar-refractivity contribution in [1.29, 1.82) is 0 Å². The maximum Gasteiger partial charge on any atom is 0.407 e. The molecule has 17 heavy (non-hydrogen) atoms.